The molecule has 0 heterocycles. The number of unbranched alkanes of at least 4 members (excludes halogenated alkanes) is 8. The van der Waals surface area contributed by atoms with Gasteiger partial charge in [0.25, 0.3) is 0 Å². The Balaban J connectivity index is 6.19. The summed E-state index contributed by atoms with van der Waals surface area (Å²) in [5.74, 6) is 0. The second kappa shape index (κ2) is 16.3. The third-order valence-electron chi connectivity index (χ3n) is 10.2. The van der Waals surface area contributed by atoms with E-state index in [-0.39, 0.29) is 16.9 Å². The molecular formula is C37H79OP. The third-order valence-corrected chi connectivity index (χ3v) is 15.2. The fourth-order valence-electron chi connectivity index (χ4n) is 7.47. The molecule has 0 aromatic rings. The summed E-state index contributed by atoms with van der Waals surface area (Å²) in [6, 6.07) is 0. The number of hydrogen-bond donors (Lipinski definition) is 0. The van der Waals surface area contributed by atoms with Gasteiger partial charge in [-0.3, -0.25) is 0 Å². The monoisotopic (exact) mass is 571 g/mol. The molecule has 0 aliphatic rings. The van der Waals surface area contributed by atoms with E-state index in [2.05, 4.69) is 103 Å². The van der Waals surface area contributed by atoms with Gasteiger partial charge in [-0.25, -0.2) is 0 Å². The van der Waals surface area contributed by atoms with Crippen LogP contribution >= 0.6 is 6.60 Å². The van der Waals surface area contributed by atoms with Gasteiger partial charge in [0.1, 0.15) is 0 Å². The van der Waals surface area contributed by atoms with E-state index in [9.17, 15) is 0 Å². The molecule has 0 saturated heterocycles. The van der Waals surface area contributed by atoms with Crippen molar-refractivity contribution in [1.29, 1.82) is 0 Å². The Morgan fingerprint density at radius 1 is 0.538 bits per heavy atom. The van der Waals surface area contributed by atoms with Crippen LogP contribution in [0, 0.1) is 16.2 Å². The van der Waals surface area contributed by atoms with E-state index in [1.165, 1.54) is 103 Å². The van der Waals surface area contributed by atoms with Crippen molar-refractivity contribution in [3.05, 3.63) is 0 Å². The van der Waals surface area contributed by atoms with Crippen LogP contribution in [0.25, 0.3) is 0 Å². The molecule has 0 aliphatic carbocycles. The summed E-state index contributed by atoms with van der Waals surface area (Å²) in [5, 5.41) is 0.307. The molecule has 1 unspecified atom stereocenters. The number of rotatable bonds is 23. The van der Waals surface area contributed by atoms with Gasteiger partial charge in [0.15, 0.2) is 0 Å². The standard InChI is InChI=1S/C37H79OP/c1-16-19-21-23-25-27-32(28-26-24-22-20-17-2)38-33(35(6,7)30-34(4,5)29-18-3)36(8,9)31-37(10,11)39(12,13,14)15/h32-33H,16-31H2,1-15H3. The quantitative estimate of drug-likeness (QED) is 0.0876. The van der Waals surface area contributed by atoms with Crippen LogP contribution in [0.1, 0.15) is 179 Å². The molecule has 238 valence electrons. The van der Waals surface area contributed by atoms with Crippen LogP contribution in [0.5, 0.6) is 0 Å². The zero-order valence-electron chi connectivity index (χ0n) is 30.3. The Labute approximate surface area is 250 Å². The molecule has 39 heavy (non-hydrogen) atoms. The van der Waals surface area contributed by atoms with E-state index in [4.69, 9.17) is 4.74 Å². The molecule has 0 N–H and O–H groups in total. The first-order valence-electron chi connectivity index (χ1n) is 17.3. The number of ether oxygens (including phenoxy) is 1. The van der Waals surface area contributed by atoms with Crippen LogP contribution in [-0.4, -0.2) is 44.0 Å². The van der Waals surface area contributed by atoms with Gasteiger partial charge in [0.2, 0.25) is 0 Å². The normalized spacial score (nSPS) is 15.9. The zero-order chi connectivity index (χ0) is 30.6. The summed E-state index contributed by atoms with van der Waals surface area (Å²) >= 11 is 0. The van der Waals surface area contributed by atoms with E-state index in [1.807, 2.05) is 0 Å². The van der Waals surface area contributed by atoms with Gasteiger partial charge in [-0.15, -0.1) is 0 Å². The minimum absolute atomic E-state index is 0.110. The molecule has 0 rings (SSSR count). The summed E-state index contributed by atoms with van der Waals surface area (Å²) in [7, 11) is 0. The Bertz CT molecular complexity index is 625. The van der Waals surface area contributed by atoms with Gasteiger partial charge in [0.05, 0.1) is 0 Å². The first-order valence-corrected chi connectivity index (χ1v) is 21.3. The fourth-order valence-corrected chi connectivity index (χ4v) is 8.51. The molecule has 1 atom stereocenters. The van der Waals surface area contributed by atoms with E-state index >= 15 is 0 Å². The van der Waals surface area contributed by atoms with Crippen molar-refractivity contribution in [1.82, 2.24) is 0 Å². The van der Waals surface area contributed by atoms with Gasteiger partial charge in [-0.2, -0.15) is 0 Å². The van der Waals surface area contributed by atoms with Gasteiger partial charge < -0.3 is 0 Å². The second-order valence-corrected chi connectivity index (χ2v) is 26.5. The topological polar surface area (TPSA) is 9.23 Å². The van der Waals surface area contributed by atoms with Crippen molar-refractivity contribution in [2.45, 2.75) is 196 Å². The molecule has 0 spiro atoms. The molecule has 0 bridgehead atoms. The van der Waals surface area contributed by atoms with E-state index in [0.717, 1.165) is 0 Å². The SMILES string of the molecule is CCCCCCCC(CCCCCCC)OC(C(C)(C)CC(C)(C)CCC)C(C)(C)CC(C)(C)P(C)(C)(C)C. The maximum atomic E-state index is 7.52. The van der Waals surface area contributed by atoms with Gasteiger partial charge in [-0.05, 0) is 0 Å². The Morgan fingerprint density at radius 3 is 1.33 bits per heavy atom. The summed E-state index contributed by atoms with van der Waals surface area (Å²) in [4.78, 5) is 0. The molecule has 0 aliphatic heterocycles. The van der Waals surface area contributed by atoms with Gasteiger partial charge >= 0.3 is 237 Å². The van der Waals surface area contributed by atoms with Crippen molar-refractivity contribution >= 4 is 6.60 Å². The van der Waals surface area contributed by atoms with E-state index in [1.54, 1.807) is 0 Å². The van der Waals surface area contributed by atoms with Gasteiger partial charge in [0, 0.05) is 0 Å². The van der Waals surface area contributed by atoms with Crippen LogP contribution in [0.2, 0.25) is 0 Å². The Morgan fingerprint density at radius 2 is 0.949 bits per heavy atom. The van der Waals surface area contributed by atoms with E-state index in [0.29, 0.717) is 16.7 Å². The second-order valence-electron chi connectivity index (χ2n) is 18.2. The zero-order valence-corrected chi connectivity index (χ0v) is 31.2. The van der Waals surface area contributed by atoms with Crippen molar-refractivity contribution in [2.75, 3.05) is 26.7 Å². The minimum atomic E-state index is -1.80. The molecule has 0 radical (unpaired) electrons. The third kappa shape index (κ3) is 14.9. The number of hydrogen-bond acceptors (Lipinski definition) is 1. The molecule has 1 nitrogen and oxygen atoms in total. The Kier molecular flexibility index (Phi) is 16.5. The van der Waals surface area contributed by atoms with Crippen LogP contribution in [0.4, 0.5) is 0 Å². The maximum absolute atomic E-state index is 7.52. The molecule has 2 heteroatoms. The van der Waals surface area contributed by atoms with Crippen molar-refractivity contribution in [3.63, 3.8) is 0 Å². The van der Waals surface area contributed by atoms with E-state index < -0.39 is 6.60 Å². The molecule has 0 saturated carbocycles. The Hall–Kier alpha value is 0.390. The van der Waals surface area contributed by atoms with Crippen molar-refractivity contribution in [3.8, 4) is 0 Å². The first-order chi connectivity index (χ1) is 17.6. The van der Waals surface area contributed by atoms with Crippen molar-refractivity contribution in [2.24, 2.45) is 16.2 Å². The summed E-state index contributed by atoms with van der Waals surface area (Å²) in [6.45, 7) is 35.7. The van der Waals surface area contributed by atoms with Crippen LogP contribution in [-0.2, 0) is 4.74 Å². The summed E-state index contributed by atoms with van der Waals surface area (Å²) in [5.41, 5.74) is 0.574. The van der Waals surface area contributed by atoms with Crippen LogP contribution in [0.3, 0.4) is 0 Å². The van der Waals surface area contributed by atoms with Crippen LogP contribution < -0.4 is 0 Å². The summed E-state index contributed by atoms with van der Waals surface area (Å²) in [6.07, 6.45) is 21.7. The molecule has 0 aromatic carbocycles. The predicted molar refractivity (Wildman–Crippen MR) is 186 cm³/mol. The molecule has 0 amide bonds. The van der Waals surface area contributed by atoms with Crippen molar-refractivity contribution < 1.29 is 4.74 Å². The molecular weight excluding hydrogens is 491 g/mol. The first kappa shape index (κ1) is 39.4. The predicted octanol–water partition coefficient (Wildman–Crippen LogP) is 13.0. The molecule has 0 aromatic heterocycles. The average Bonchev–Trinajstić information content (AvgIpc) is 2.73. The summed E-state index contributed by atoms with van der Waals surface area (Å²) < 4.78 is 7.52. The average molecular weight is 571 g/mol. The fraction of sp³-hybridized carbons (Fsp3) is 1.00. The van der Waals surface area contributed by atoms with Gasteiger partial charge in [-0.1, -0.05) is 13.8 Å². The van der Waals surface area contributed by atoms with Crippen LogP contribution in [0.15, 0.2) is 0 Å². The molecule has 0 fully saturated rings.